The topological polar surface area (TPSA) is 12.5 Å². The zero-order valence-electron chi connectivity index (χ0n) is 14.6. The van der Waals surface area contributed by atoms with Crippen LogP contribution < -0.4 is 0 Å². The highest BCUT2D eigenvalue weighted by molar-refractivity contribution is 5.35. The van der Waals surface area contributed by atoms with Gasteiger partial charge < -0.3 is 4.74 Å². The standard InChI is InChI=1S/C20H32O/c1-17(2)10-6-11-19(5)15-9-12-20(18(3,4)21-20)13-14(15)7-8-16(17)19/h16H,6-13H2,1-5H3/t16-,19+,20?/m0/s1. The van der Waals surface area contributed by atoms with Crippen LogP contribution in [0.25, 0.3) is 0 Å². The first-order valence-corrected chi connectivity index (χ1v) is 9.12. The minimum Gasteiger partial charge on any atom is -0.363 e. The molecule has 4 aliphatic rings. The molecule has 1 nitrogen and oxygen atoms in total. The molecule has 0 aromatic carbocycles. The maximum Gasteiger partial charge on any atom is 0.101 e. The van der Waals surface area contributed by atoms with Gasteiger partial charge in [-0.1, -0.05) is 38.3 Å². The lowest BCUT2D eigenvalue weighted by atomic mass is 9.48. The van der Waals surface area contributed by atoms with Gasteiger partial charge in [-0.2, -0.15) is 0 Å². The van der Waals surface area contributed by atoms with E-state index in [1.54, 1.807) is 5.57 Å². The summed E-state index contributed by atoms with van der Waals surface area (Å²) in [4.78, 5) is 0. The van der Waals surface area contributed by atoms with Crippen LogP contribution in [0.3, 0.4) is 0 Å². The van der Waals surface area contributed by atoms with E-state index in [1.165, 1.54) is 51.4 Å². The Morgan fingerprint density at radius 1 is 0.952 bits per heavy atom. The Morgan fingerprint density at radius 2 is 1.67 bits per heavy atom. The Balaban J connectivity index is 1.69. The molecule has 0 radical (unpaired) electrons. The second-order valence-corrected chi connectivity index (χ2v) is 9.72. The van der Waals surface area contributed by atoms with E-state index in [0.717, 1.165) is 5.92 Å². The number of allylic oxidation sites excluding steroid dienone is 1. The maximum atomic E-state index is 6.16. The Morgan fingerprint density at radius 3 is 2.33 bits per heavy atom. The third kappa shape index (κ3) is 1.79. The van der Waals surface area contributed by atoms with Crippen LogP contribution in [0.5, 0.6) is 0 Å². The summed E-state index contributed by atoms with van der Waals surface area (Å²) in [5.41, 5.74) is 5.03. The Labute approximate surface area is 130 Å². The zero-order valence-corrected chi connectivity index (χ0v) is 14.6. The Kier molecular flexibility index (Phi) is 2.70. The van der Waals surface area contributed by atoms with Crippen LogP contribution in [0.1, 0.15) is 86.0 Å². The lowest BCUT2D eigenvalue weighted by Crippen LogP contribution is -2.47. The molecule has 3 aliphatic carbocycles. The molecule has 1 heterocycles. The fraction of sp³-hybridized carbons (Fsp3) is 0.900. The fourth-order valence-electron chi connectivity index (χ4n) is 6.55. The molecule has 4 rings (SSSR count). The molecule has 3 atom stereocenters. The summed E-state index contributed by atoms with van der Waals surface area (Å²) >= 11 is 0. The summed E-state index contributed by atoms with van der Waals surface area (Å²) in [5, 5.41) is 0. The van der Waals surface area contributed by atoms with E-state index in [2.05, 4.69) is 34.6 Å². The monoisotopic (exact) mass is 288 g/mol. The molecule has 0 N–H and O–H groups in total. The molecule has 21 heavy (non-hydrogen) atoms. The maximum absolute atomic E-state index is 6.16. The largest absolute Gasteiger partial charge is 0.363 e. The Hall–Kier alpha value is -0.300. The summed E-state index contributed by atoms with van der Waals surface area (Å²) in [6.45, 7) is 12.2. The highest BCUT2D eigenvalue weighted by Gasteiger charge is 2.65. The molecule has 0 amide bonds. The molecule has 1 heteroatoms. The lowest BCUT2D eigenvalue weighted by molar-refractivity contribution is 0.00622. The van der Waals surface area contributed by atoms with Gasteiger partial charge in [0.1, 0.15) is 5.60 Å². The van der Waals surface area contributed by atoms with Crippen LogP contribution in [-0.4, -0.2) is 11.2 Å². The number of rotatable bonds is 0. The highest BCUT2D eigenvalue weighted by Crippen LogP contribution is 2.65. The Bertz CT molecular complexity index is 512. The van der Waals surface area contributed by atoms with Crippen molar-refractivity contribution in [3.63, 3.8) is 0 Å². The SMILES string of the molecule is CC1(C)CCC[C@]2(C)C3=C(CC[C@@H]12)CC1(CC3)OC1(C)C. The first-order chi connectivity index (χ1) is 9.70. The van der Waals surface area contributed by atoms with Crippen LogP contribution in [0.2, 0.25) is 0 Å². The summed E-state index contributed by atoms with van der Waals surface area (Å²) in [7, 11) is 0. The van der Waals surface area contributed by atoms with Crippen molar-refractivity contribution in [3.05, 3.63) is 11.1 Å². The molecule has 2 fully saturated rings. The second kappa shape index (κ2) is 3.96. The molecule has 1 saturated heterocycles. The van der Waals surface area contributed by atoms with Crippen LogP contribution >= 0.6 is 0 Å². The van der Waals surface area contributed by atoms with Gasteiger partial charge in [-0.15, -0.1) is 0 Å². The van der Waals surface area contributed by atoms with E-state index >= 15 is 0 Å². The number of hydrogen-bond acceptors (Lipinski definition) is 1. The van der Waals surface area contributed by atoms with Gasteiger partial charge in [0, 0.05) is 6.42 Å². The molecule has 0 aromatic heterocycles. The van der Waals surface area contributed by atoms with Crippen molar-refractivity contribution < 1.29 is 4.74 Å². The molecule has 0 aromatic rings. The molecule has 0 bridgehead atoms. The molecular formula is C20H32O. The van der Waals surface area contributed by atoms with Gasteiger partial charge in [-0.25, -0.2) is 0 Å². The normalized spacial score (nSPS) is 47.0. The van der Waals surface area contributed by atoms with Gasteiger partial charge >= 0.3 is 0 Å². The van der Waals surface area contributed by atoms with Crippen LogP contribution in [0, 0.1) is 16.7 Å². The van der Waals surface area contributed by atoms with Gasteiger partial charge in [0.25, 0.3) is 0 Å². The van der Waals surface area contributed by atoms with Crippen LogP contribution in [-0.2, 0) is 4.74 Å². The molecule has 1 aliphatic heterocycles. The van der Waals surface area contributed by atoms with E-state index in [9.17, 15) is 0 Å². The molecular weight excluding hydrogens is 256 g/mol. The van der Waals surface area contributed by atoms with Crippen molar-refractivity contribution in [1.82, 2.24) is 0 Å². The second-order valence-electron chi connectivity index (χ2n) is 9.72. The van der Waals surface area contributed by atoms with Gasteiger partial charge in [0.15, 0.2) is 0 Å². The summed E-state index contributed by atoms with van der Waals surface area (Å²) in [6.07, 6.45) is 10.8. The van der Waals surface area contributed by atoms with Gasteiger partial charge in [0.05, 0.1) is 5.60 Å². The van der Waals surface area contributed by atoms with Crippen LogP contribution in [0.15, 0.2) is 11.1 Å². The molecule has 1 saturated carbocycles. The highest BCUT2D eigenvalue weighted by atomic mass is 16.6. The van der Waals surface area contributed by atoms with E-state index in [-0.39, 0.29) is 11.2 Å². The van der Waals surface area contributed by atoms with Gasteiger partial charge in [-0.3, -0.25) is 0 Å². The van der Waals surface area contributed by atoms with E-state index in [0.29, 0.717) is 10.8 Å². The van der Waals surface area contributed by atoms with E-state index in [4.69, 9.17) is 4.74 Å². The predicted molar refractivity (Wildman–Crippen MR) is 87.2 cm³/mol. The average molecular weight is 288 g/mol. The number of ether oxygens (including phenoxy) is 1. The molecule has 1 spiro atoms. The first-order valence-electron chi connectivity index (χ1n) is 9.12. The minimum absolute atomic E-state index is 0.134. The summed E-state index contributed by atoms with van der Waals surface area (Å²) in [6, 6.07) is 0. The number of hydrogen-bond donors (Lipinski definition) is 0. The van der Waals surface area contributed by atoms with Crippen molar-refractivity contribution in [1.29, 1.82) is 0 Å². The van der Waals surface area contributed by atoms with Crippen molar-refractivity contribution >= 4 is 0 Å². The van der Waals surface area contributed by atoms with Gasteiger partial charge in [0.2, 0.25) is 0 Å². The van der Waals surface area contributed by atoms with Gasteiger partial charge in [-0.05, 0) is 69.1 Å². The fourth-order valence-corrected chi connectivity index (χ4v) is 6.55. The lowest BCUT2D eigenvalue weighted by Gasteiger charge is -2.56. The first kappa shape index (κ1) is 14.3. The van der Waals surface area contributed by atoms with Crippen molar-refractivity contribution in [2.75, 3.05) is 0 Å². The minimum atomic E-state index is 0.134. The summed E-state index contributed by atoms with van der Waals surface area (Å²) < 4.78 is 6.16. The zero-order chi connectivity index (χ0) is 15.1. The molecule has 1 unspecified atom stereocenters. The van der Waals surface area contributed by atoms with Crippen LogP contribution in [0.4, 0.5) is 0 Å². The van der Waals surface area contributed by atoms with Crippen molar-refractivity contribution in [2.24, 2.45) is 16.7 Å². The average Bonchev–Trinajstić information content (AvgIpc) is 2.87. The van der Waals surface area contributed by atoms with E-state index < -0.39 is 0 Å². The number of epoxide rings is 1. The predicted octanol–water partition coefficient (Wildman–Crippen LogP) is 5.64. The van der Waals surface area contributed by atoms with E-state index in [1.807, 2.05) is 5.57 Å². The molecule has 118 valence electrons. The van der Waals surface area contributed by atoms with Crippen molar-refractivity contribution in [3.8, 4) is 0 Å². The number of fused-ring (bicyclic) bond motifs is 2. The smallest absolute Gasteiger partial charge is 0.101 e. The third-order valence-electron chi connectivity index (χ3n) is 7.86. The van der Waals surface area contributed by atoms with Crippen molar-refractivity contribution in [2.45, 2.75) is 97.2 Å². The summed E-state index contributed by atoms with van der Waals surface area (Å²) in [5.74, 6) is 0.902. The quantitative estimate of drug-likeness (QED) is 0.415. The third-order valence-corrected chi connectivity index (χ3v) is 7.86.